The van der Waals surface area contributed by atoms with Crippen LogP contribution < -0.4 is 5.32 Å². The Morgan fingerprint density at radius 3 is 2.11 bits per heavy atom. The van der Waals surface area contributed by atoms with E-state index in [-0.39, 0.29) is 10.8 Å². The van der Waals surface area contributed by atoms with Crippen LogP contribution in [0.2, 0.25) is 0 Å². The third kappa shape index (κ3) is 2.41. The summed E-state index contributed by atoms with van der Waals surface area (Å²) in [5, 5.41) is 16.5. The lowest BCUT2D eigenvalue weighted by Gasteiger charge is -2.20. The summed E-state index contributed by atoms with van der Waals surface area (Å²) < 4.78 is 1.87. The Labute approximate surface area is 114 Å². The smallest absolute Gasteiger partial charge is 0.200 e. The topological polar surface area (TPSA) is 55.1 Å². The van der Waals surface area contributed by atoms with Crippen molar-refractivity contribution in [3.05, 3.63) is 17.6 Å². The molecule has 2 rings (SSSR count). The van der Waals surface area contributed by atoms with Crippen LogP contribution in [0.25, 0.3) is 5.65 Å². The fraction of sp³-hybridized carbons (Fsp3) is 0.643. The Hall–Kier alpha value is -1.65. The van der Waals surface area contributed by atoms with Crippen LogP contribution in [-0.2, 0) is 10.8 Å². The average Bonchev–Trinajstić information content (AvgIpc) is 2.69. The van der Waals surface area contributed by atoms with Gasteiger partial charge in [-0.1, -0.05) is 41.5 Å². The molecule has 0 atom stereocenters. The molecule has 0 saturated carbocycles. The largest absolute Gasteiger partial charge is 0.385 e. The number of hydrogen-bond donors (Lipinski definition) is 1. The maximum atomic E-state index is 4.73. The fourth-order valence-corrected chi connectivity index (χ4v) is 1.90. The third-order valence-corrected chi connectivity index (χ3v) is 3.08. The molecule has 2 aromatic rings. The highest BCUT2D eigenvalue weighted by atomic mass is 15.4. The Balaban J connectivity index is 2.79. The second-order valence-electron chi connectivity index (χ2n) is 6.95. The summed E-state index contributed by atoms with van der Waals surface area (Å²) in [6, 6.07) is 2.05. The van der Waals surface area contributed by atoms with Gasteiger partial charge in [-0.3, -0.25) is 0 Å². The van der Waals surface area contributed by atoms with Gasteiger partial charge in [-0.05, 0) is 6.07 Å². The molecule has 0 aliphatic rings. The van der Waals surface area contributed by atoms with E-state index in [1.807, 2.05) is 11.6 Å². The summed E-state index contributed by atoms with van der Waals surface area (Å²) >= 11 is 0. The summed E-state index contributed by atoms with van der Waals surface area (Å²) in [7, 11) is 1.90. The molecule has 5 nitrogen and oxygen atoms in total. The Morgan fingerprint density at radius 2 is 1.63 bits per heavy atom. The lowest BCUT2D eigenvalue weighted by Crippen LogP contribution is -2.21. The van der Waals surface area contributed by atoms with Gasteiger partial charge in [0.1, 0.15) is 0 Å². The molecular formula is C14H23N5. The highest BCUT2D eigenvalue weighted by Crippen LogP contribution is 2.27. The second-order valence-corrected chi connectivity index (χ2v) is 6.95. The van der Waals surface area contributed by atoms with E-state index in [1.54, 1.807) is 0 Å². The minimum absolute atomic E-state index is 0.0147. The normalized spacial score (nSPS) is 13.0. The molecule has 0 aliphatic carbocycles. The molecule has 19 heavy (non-hydrogen) atoms. The molecule has 104 valence electrons. The van der Waals surface area contributed by atoms with Crippen LogP contribution >= 0.6 is 0 Å². The van der Waals surface area contributed by atoms with Crippen molar-refractivity contribution < 1.29 is 0 Å². The van der Waals surface area contributed by atoms with Crippen molar-refractivity contribution in [2.45, 2.75) is 52.4 Å². The number of aromatic nitrogens is 4. The van der Waals surface area contributed by atoms with E-state index in [9.17, 15) is 0 Å². The predicted octanol–water partition coefficient (Wildman–Crippen LogP) is 2.76. The van der Waals surface area contributed by atoms with Crippen LogP contribution in [0.1, 0.15) is 53.1 Å². The number of anilines is 1. The van der Waals surface area contributed by atoms with Crippen molar-refractivity contribution in [2.24, 2.45) is 0 Å². The molecule has 0 aliphatic heterocycles. The quantitative estimate of drug-likeness (QED) is 0.857. The van der Waals surface area contributed by atoms with Gasteiger partial charge in [-0.2, -0.15) is 9.61 Å². The molecule has 0 unspecified atom stereocenters. The van der Waals surface area contributed by atoms with Gasteiger partial charge in [-0.25, -0.2) is 0 Å². The number of nitrogens with zero attached hydrogens (tertiary/aromatic N) is 4. The lowest BCUT2D eigenvalue weighted by atomic mass is 9.91. The lowest BCUT2D eigenvalue weighted by molar-refractivity contribution is 0.508. The Bertz CT molecular complexity index is 599. The van der Waals surface area contributed by atoms with Crippen molar-refractivity contribution in [3.63, 3.8) is 0 Å². The van der Waals surface area contributed by atoms with Crippen LogP contribution in [0, 0.1) is 0 Å². The third-order valence-electron chi connectivity index (χ3n) is 3.08. The van der Waals surface area contributed by atoms with E-state index < -0.39 is 0 Å². The highest BCUT2D eigenvalue weighted by molar-refractivity contribution is 5.67. The first-order valence-corrected chi connectivity index (χ1v) is 6.60. The molecule has 0 spiro atoms. The number of rotatable bonds is 1. The summed E-state index contributed by atoms with van der Waals surface area (Å²) in [6.07, 6.45) is 0. The van der Waals surface area contributed by atoms with Crippen molar-refractivity contribution in [3.8, 4) is 0 Å². The zero-order valence-electron chi connectivity index (χ0n) is 12.9. The van der Waals surface area contributed by atoms with Gasteiger partial charge in [0, 0.05) is 17.9 Å². The zero-order chi connectivity index (χ0) is 14.4. The molecule has 0 fully saturated rings. The SMILES string of the molecule is CNc1cc(C(C)(C)C)nn2c(C(C)(C)C)nnc12. The predicted molar refractivity (Wildman–Crippen MR) is 77.7 cm³/mol. The van der Waals surface area contributed by atoms with E-state index >= 15 is 0 Å². The highest BCUT2D eigenvalue weighted by Gasteiger charge is 2.25. The van der Waals surface area contributed by atoms with Crippen LogP contribution in [0.5, 0.6) is 0 Å². The van der Waals surface area contributed by atoms with Crippen LogP contribution in [0.3, 0.4) is 0 Å². The standard InChI is InChI=1S/C14H23N5/c1-13(2,3)10-8-9(15-7)11-16-17-12(14(4,5)6)19(11)18-10/h8,15H,1-7H3. The number of fused-ring (bicyclic) bond motifs is 1. The molecule has 0 aromatic carbocycles. The van der Waals surface area contributed by atoms with Crippen LogP contribution in [0.15, 0.2) is 6.07 Å². The zero-order valence-corrected chi connectivity index (χ0v) is 12.9. The monoisotopic (exact) mass is 261 g/mol. The molecule has 0 bridgehead atoms. The molecule has 1 N–H and O–H groups in total. The summed E-state index contributed by atoms with van der Waals surface area (Å²) in [5.74, 6) is 0.880. The molecule has 2 heterocycles. The summed E-state index contributed by atoms with van der Waals surface area (Å²) in [4.78, 5) is 0. The van der Waals surface area contributed by atoms with Crippen molar-refractivity contribution >= 4 is 11.3 Å². The van der Waals surface area contributed by atoms with Gasteiger partial charge >= 0.3 is 0 Å². The van der Waals surface area contributed by atoms with Crippen LogP contribution in [0.4, 0.5) is 5.69 Å². The van der Waals surface area contributed by atoms with E-state index in [1.165, 1.54) is 0 Å². The van der Waals surface area contributed by atoms with E-state index in [0.717, 1.165) is 22.9 Å². The molecule has 0 radical (unpaired) electrons. The van der Waals surface area contributed by atoms with E-state index in [0.29, 0.717) is 0 Å². The van der Waals surface area contributed by atoms with Crippen molar-refractivity contribution in [1.82, 2.24) is 19.8 Å². The van der Waals surface area contributed by atoms with Gasteiger partial charge in [-0.15, -0.1) is 10.2 Å². The average molecular weight is 261 g/mol. The van der Waals surface area contributed by atoms with Crippen LogP contribution in [-0.4, -0.2) is 26.9 Å². The summed E-state index contributed by atoms with van der Waals surface area (Å²) in [5.41, 5.74) is 2.66. The minimum atomic E-state index is -0.0893. The number of nitrogens with one attached hydrogen (secondary N) is 1. The van der Waals surface area contributed by atoms with Gasteiger partial charge in [0.25, 0.3) is 0 Å². The van der Waals surface area contributed by atoms with Gasteiger partial charge in [0.05, 0.1) is 11.4 Å². The van der Waals surface area contributed by atoms with E-state index in [2.05, 4.69) is 63.1 Å². The van der Waals surface area contributed by atoms with Crippen molar-refractivity contribution in [1.29, 1.82) is 0 Å². The first kappa shape index (κ1) is 13.8. The summed E-state index contributed by atoms with van der Waals surface area (Å²) in [6.45, 7) is 12.8. The maximum absolute atomic E-state index is 4.73. The minimum Gasteiger partial charge on any atom is -0.385 e. The Kier molecular flexibility index (Phi) is 3.03. The maximum Gasteiger partial charge on any atom is 0.200 e. The first-order chi connectivity index (χ1) is 8.64. The van der Waals surface area contributed by atoms with Gasteiger partial charge in [0.2, 0.25) is 5.65 Å². The molecular weight excluding hydrogens is 238 g/mol. The molecule has 0 saturated heterocycles. The first-order valence-electron chi connectivity index (χ1n) is 6.60. The number of hydrogen-bond acceptors (Lipinski definition) is 4. The molecule has 2 aromatic heterocycles. The molecule has 5 heteroatoms. The van der Waals surface area contributed by atoms with Crippen molar-refractivity contribution in [2.75, 3.05) is 12.4 Å². The Morgan fingerprint density at radius 1 is 1.00 bits per heavy atom. The second kappa shape index (κ2) is 4.18. The van der Waals surface area contributed by atoms with Gasteiger partial charge < -0.3 is 5.32 Å². The fourth-order valence-electron chi connectivity index (χ4n) is 1.90. The molecule has 0 amide bonds. The van der Waals surface area contributed by atoms with Gasteiger partial charge in [0.15, 0.2) is 5.82 Å². The van der Waals surface area contributed by atoms with E-state index in [4.69, 9.17) is 5.10 Å².